The molecule has 0 bridgehead atoms. The molecule has 97 valence electrons. The number of hydrogen-bond donors (Lipinski definition) is 0. The van der Waals surface area contributed by atoms with Gasteiger partial charge in [0.25, 0.3) is 0 Å². The summed E-state index contributed by atoms with van der Waals surface area (Å²) in [6, 6.07) is 0. The quantitative estimate of drug-likeness (QED) is 0.569. The van der Waals surface area contributed by atoms with Gasteiger partial charge in [-0.25, -0.2) is 0 Å². The monoisotopic (exact) mass is 402 g/mol. The van der Waals surface area contributed by atoms with Crippen LogP contribution in [0.3, 0.4) is 0 Å². The molecule has 3 rings (SSSR count). The summed E-state index contributed by atoms with van der Waals surface area (Å²) in [6.45, 7) is 0. The van der Waals surface area contributed by atoms with E-state index in [1.165, 1.54) is 12.9 Å². The van der Waals surface area contributed by atoms with Crippen molar-refractivity contribution in [3.05, 3.63) is 0 Å². The summed E-state index contributed by atoms with van der Waals surface area (Å²) in [5, 5.41) is 0. The van der Waals surface area contributed by atoms with Gasteiger partial charge < -0.3 is 0 Å². The molecule has 0 aliphatic heterocycles. The minimum absolute atomic E-state index is 0.598. The second-order valence-corrected chi connectivity index (χ2v) is 13.6. The molecular formula is C15H27Pt. The van der Waals surface area contributed by atoms with E-state index in [0.717, 1.165) is 0 Å². The van der Waals surface area contributed by atoms with E-state index >= 15 is 0 Å². The van der Waals surface area contributed by atoms with E-state index in [1.54, 1.807) is 77.0 Å². The van der Waals surface area contributed by atoms with E-state index in [0.29, 0.717) is 0 Å². The average Bonchev–Trinajstić information content (AvgIpc) is 3.02. The Morgan fingerprint density at radius 2 is 0.688 bits per heavy atom. The van der Waals surface area contributed by atoms with Crippen LogP contribution in [0.5, 0.6) is 0 Å². The Labute approximate surface area is 107 Å². The Morgan fingerprint density at radius 1 is 0.438 bits per heavy atom. The van der Waals surface area contributed by atoms with Crippen LogP contribution in [0.15, 0.2) is 0 Å². The molecule has 0 spiro atoms. The van der Waals surface area contributed by atoms with Crippen molar-refractivity contribution in [2.24, 2.45) is 0 Å². The second kappa shape index (κ2) is 5.55. The standard InChI is InChI=1S/3C5H9.Pt/c3*1-2-4-5-3-1;/h3*1H,2-5H2;. The topological polar surface area (TPSA) is 0 Å². The van der Waals surface area contributed by atoms with E-state index in [-0.39, 0.29) is 0 Å². The van der Waals surface area contributed by atoms with E-state index in [4.69, 9.17) is 0 Å². The fourth-order valence-corrected chi connectivity index (χ4v) is 15.7. The van der Waals surface area contributed by atoms with Crippen LogP contribution in [0.2, 0.25) is 12.9 Å². The van der Waals surface area contributed by atoms with Gasteiger partial charge in [-0.15, -0.1) is 0 Å². The molecule has 3 aliphatic rings. The van der Waals surface area contributed by atoms with Crippen LogP contribution in [-0.2, 0) is 17.3 Å². The van der Waals surface area contributed by atoms with Gasteiger partial charge in [0.05, 0.1) is 0 Å². The van der Waals surface area contributed by atoms with Crippen molar-refractivity contribution in [3.8, 4) is 0 Å². The molecule has 0 unspecified atom stereocenters. The van der Waals surface area contributed by atoms with Gasteiger partial charge in [0.15, 0.2) is 0 Å². The summed E-state index contributed by atoms with van der Waals surface area (Å²) in [5.41, 5.74) is 0. The van der Waals surface area contributed by atoms with Gasteiger partial charge >= 0.3 is 107 Å². The van der Waals surface area contributed by atoms with Crippen LogP contribution in [0.25, 0.3) is 0 Å². The summed E-state index contributed by atoms with van der Waals surface area (Å²) in [5.74, 6) is 0. The van der Waals surface area contributed by atoms with E-state index in [2.05, 4.69) is 0 Å². The first-order valence-corrected chi connectivity index (χ1v) is 11.4. The van der Waals surface area contributed by atoms with Crippen LogP contribution < -0.4 is 0 Å². The van der Waals surface area contributed by atoms with Crippen LogP contribution in [0.1, 0.15) is 77.0 Å². The van der Waals surface area contributed by atoms with Gasteiger partial charge in [0.1, 0.15) is 0 Å². The molecule has 0 radical (unpaired) electrons. The first kappa shape index (κ1) is 11.8. The third-order valence-corrected chi connectivity index (χ3v) is 15.0. The molecule has 0 aromatic rings. The molecule has 0 heterocycles. The number of rotatable bonds is 3. The van der Waals surface area contributed by atoms with Gasteiger partial charge in [0.2, 0.25) is 0 Å². The predicted octanol–water partition coefficient (Wildman–Crippen LogP) is 5.69. The van der Waals surface area contributed by atoms with E-state index in [9.17, 15) is 0 Å². The average molecular weight is 402 g/mol. The Balaban J connectivity index is 1.70. The maximum atomic E-state index is 1.65. The van der Waals surface area contributed by atoms with Crippen molar-refractivity contribution >= 4 is 0 Å². The zero-order chi connectivity index (χ0) is 10.8. The molecule has 0 aromatic carbocycles. The van der Waals surface area contributed by atoms with Crippen molar-refractivity contribution in [2.75, 3.05) is 0 Å². The molecule has 0 atom stereocenters. The van der Waals surface area contributed by atoms with Crippen molar-refractivity contribution in [2.45, 2.75) is 90.0 Å². The Kier molecular flexibility index (Phi) is 4.08. The molecular weight excluding hydrogens is 375 g/mol. The van der Waals surface area contributed by atoms with Gasteiger partial charge in [0, 0.05) is 0 Å². The third-order valence-electron chi connectivity index (χ3n) is 4.64. The molecule has 0 amide bonds. The molecule has 3 fully saturated rings. The van der Waals surface area contributed by atoms with Crippen LogP contribution in [0.4, 0.5) is 0 Å². The maximum absolute atomic E-state index is 1.65. The molecule has 16 heavy (non-hydrogen) atoms. The van der Waals surface area contributed by atoms with Crippen molar-refractivity contribution in [1.29, 1.82) is 0 Å². The van der Waals surface area contributed by atoms with Crippen molar-refractivity contribution in [3.63, 3.8) is 0 Å². The third kappa shape index (κ3) is 2.43. The van der Waals surface area contributed by atoms with Gasteiger partial charge in [-0.3, -0.25) is 0 Å². The first-order chi connectivity index (χ1) is 7.95. The van der Waals surface area contributed by atoms with Gasteiger partial charge in [-0.05, 0) is 0 Å². The molecule has 0 saturated heterocycles. The minimum atomic E-state index is -0.598. The summed E-state index contributed by atoms with van der Waals surface area (Å²) in [7, 11) is 0. The van der Waals surface area contributed by atoms with Crippen LogP contribution in [0, 0.1) is 0 Å². The summed E-state index contributed by atoms with van der Waals surface area (Å²) >= 11 is -0.598. The predicted molar refractivity (Wildman–Crippen MR) is 66.7 cm³/mol. The Bertz CT molecular complexity index is 169. The molecule has 3 aliphatic carbocycles. The van der Waals surface area contributed by atoms with Crippen LogP contribution in [-0.4, -0.2) is 0 Å². The van der Waals surface area contributed by atoms with Crippen molar-refractivity contribution < 1.29 is 17.3 Å². The Hall–Kier alpha value is 0.688. The zero-order valence-electron chi connectivity index (χ0n) is 10.5. The summed E-state index contributed by atoms with van der Waals surface area (Å²) < 4.78 is 3.91. The first-order valence-electron chi connectivity index (χ1n) is 7.50. The fourth-order valence-electron chi connectivity index (χ4n) is 3.82. The van der Waals surface area contributed by atoms with E-state index < -0.39 is 17.3 Å². The van der Waals surface area contributed by atoms with Gasteiger partial charge in [-0.2, -0.15) is 0 Å². The zero-order valence-corrected chi connectivity index (χ0v) is 12.8. The molecule has 1 heteroatoms. The normalized spacial score (nSPS) is 30.4. The fraction of sp³-hybridized carbons (Fsp3) is 1.00. The van der Waals surface area contributed by atoms with Crippen LogP contribution >= 0.6 is 0 Å². The molecule has 0 nitrogen and oxygen atoms in total. The molecule has 3 saturated carbocycles. The molecule has 0 N–H and O–H groups in total. The summed E-state index contributed by atoms with van der Waals surface area (Å²) in [4.78, 5) is 0. The SMILES string of the molecule is C1CC[CH]([Pt]([CH]2CCCC2)[CH]2CCCC2)C1. The number of hydrogen-bond acceptors (Lipinski definition) is 0. The molecule has 0 aromatic heterocycles. The Morgan fingerprint density at radius 3 is 0.938 bits per heavy atom. The second-order valence-electron chi connectivity index (χ2n) is 5.81. The summed E-state index contributed by atoms with van der Waals surface area (Å²) in [6.07, 6.45) is 19.4. The van der Waals surface area contributed by atoms with E-state index in [1.807, 2.05) is 0 Å². The van der Waals surface area contributed by atoms with Gasteiger partial charge in [-0.1, -0.05) is 0 Å². The van der Waals surface area contributed by atoms with Crippen molar-refractivity contribution in [1.82, 2.24) is 0 Å².